The number of aromatic nitrogens is 2. The van der Waals surface area contributed by atoms with Crippen molar-refractivity contribution < 1.29 is 14.6 Å². The Morgan fingerprint density at radius 3 is 2.41 bits per heavy atom. The van der Waals surface area contributed by atoms with Crippen LogP contribution in [0.3, 0.4) is 0 Å². The Balaban J connectivity index is 2.07. The van der Waals surface area contributed by atoms with Crippen molar-refractivity contribution in [3.63, 3.8) is 0 Å². The summed E-state index contributed by atoms with van der Waals surface area (Å²) in [6.45, 7) is 0. The fourth-order valence-electron chi connectivity index (χ4n) is 2.45. The molecule has 0 spiro atoms. The van der Waals surface area contributed by atoms with E-state index in [9.17, 15) is 14.7 Å². The van der Waals surface area contributed by atoms with E-state index >= 15 is 0 Å². The summed E-state index contributed by atoms with van der Waals surface area (Å²) >= 11 is 0. The maximum atomic E-state index is 12.2. The van der Waals surface area contributed by atoms with Crippen LogP contribution in [0.2, 0.25) is 0 Å². The van der Waals surface area contributed by atoms with Gasteiger partial charge in [-0.1, -0.05) is 6.07 Å². The number of aromatic hydroxyl groups is 1. The minimum Gasteiger partial charge on any atom is -0.497 e. The van der Waals surface area contributed by atoms with Gasteiger partial charge in [0.15, 0.2) is 0 Å². The molecule has 8 heteroatoms. The molecule has 138 valence electrons. The predicted molar refractivity (Wildman–Crippen MR) is 101 cm³/mol. The summed E-state index contributed by atoms with van der Waals surface area (Å²) in [6, 6.07) is 13.3. The van der Waals surface area contributed by atoms with Crippen molar-refractivity contribution in [2.45, 2.75) is 0 Å². The number of rotatable bonds is 5. The number of nitrogens with one attached hydrogen (secondary N) is 1. The third-order valence-corrected chi connectivity index (χ3v) is 3.85. The first kappa shape index (κ1) is 18.0. The molecule has 3 rings (SSSR count). The molecule has 1 heterocycles. The average molecular weight is 367 g/mol. The lowest BCUT2D eigenvalue weighted by Gasteiger charge is -2.10. The Kier molecular flexibility index (Phi) is 5.07. The summed E-state index contributed by atoms with van der Waals surface area (Å²) in [4.78, 5) is 30.7. The van der Waals surface area contributed by atoms with Gasteiger partial charge in [0, 0.05) is 12.3 Å². The Morgan fingerprint density at radius 1 is 1.04 bits per heavy atom. The highest BCUT2D eigenvalue weighted by atomic mass is 16.5. The molecule has 27 heavy (non-hydrogen) atoms. The minimum absolute atomic E-state index is 0.145. The van der Waals surface area contributed by atoms with Crippen molar-refractivity contribution in [2.75, 3.05) is 14.2 Å². The normalized spacial score (nSPS) is 10.9. The zero-order valence-corrected chi connectivity index (χ0v) is 14.7. The van der Waals surface area contributed by atoms with E-state index in [-0.39, 0.29) is 5.56 Å². The van der Waals surface area contributed by atoms with Crippen LogP contribution in [0, 0.1) is 0 Å². The van der Waals surface area contributed by atoms with Gasteiger partial charge in [-0.2, -0.15) is 0 Å². The summed E-state index contributed by atoms with van der Waals surface area (Å²) in [5.74, 6) is 0.647. The number of methoxy groups -OCH3 is 2. The summed E-state index contributed by atoms with van der Waals surface area (Å²) in [5, 5.41) is 10.5. The molecule has 0 aliphatic rings. The van der Waals surface area contributed by atoms with Crippen LogP contribution in [0.5, 0.6) is 17.4 Å². The van der Waals surface area contributed by atoms with Crippen molar-refractivity contribution in [2.24, 2.45) is 4.99 Å². The number of ether oxygens (including phenoxy) is 2. The smallest absolute Gasteiger partial charge is 0.335 e. The number of benzene rings is 2. The molecular formula is C19H17N3O5. The largest absolute Gasteiger partial charge is 0.497 e. The molecule has 0 amide bonds. The van der Waals surface area contributed by atoms with Crippen molar-refractivity contribution in [3.8, 4) is 23.1 Å². The third-order valence-electron chi connectivity index (χ3n) is 3.85. The lowest BCUT2D eigenvalue weighted by Crippen LogP contribution is -2.31. The zero-order valence-electron chi connectivity index (χ0n) is 14.7. The maximum absolute atomic E-state index is 12.2. The van der Waals surface area contributed by atoms with E-state index in [0.29, 0.717) is 22.9 Å². The van der Waals surface area contributed by atoms with Gasteiger partial charge in [0.1, 0.15) is 17.1 Å². The number of hydrogen-bond acceptors (Lipinski definition) is 6. The quantitative estimate of drug-likeness (QED) is 0.671. The van der Waals surface area contributed by atoms with E-state index in [0.717, 1.165) is 4.57 Å². The molecule has 0 aliphatic heterocycles. The Labute approximate surface area is 154 Å². The van der Waals surface area contributed by atoms with Crippen LogP contribution in [-0.4, -0.2) is 35.1 Å². The second-order valence-corrected chi connectivity index (χ2v) is 5.49. The topological polar surface area (TPSA) is 106 Å². The van der Waals surface area contributed by atoms with Crippen molar-refractivity contribution >= 4 is 11.9 Å². The molecule has 0 unspecified atom stereocenters. The van der Waals surface area contributed by atoms with Gasteiger partial charge in [0.05, 0.1) is 25.6 Å². The molecule has 0 bridgehead atoms. The Morgan fingerprint density at radius 2 is 1.74 bits per heavy atom. The van der Waals surface area contributed by atoms with Crippen molar-refractivity contribution in [1.29, 1.82) is 0 Å². The molecule has 0 saturated carbocycles. The van der Waals surface area contributed by atoms with Crippen LogP contribution in [0.4, 0.5) is 5.69 Å². The molecule has 0 fully saturated rings. The molecule has 0 atom stereocenters. The molecule has 3 aromatic rings. The first-order valence-electron chi connectivity index (χ1n) is 7.94. The number of hydrogen-bond donors (Lipinski definition) is 2. The highest BCUT2D eigenvalue weighted by Gasteiger charge is 2.14. The zero-order chi connectivity index (χ0) is 19.4. The molecule has 0 aliphatic carbocycles. The highest BCUT2D eigenvalue weighted by Crippen LogP contribution is 2.21. The second kappa shape index (κ2) is 7.61. The first-order chi connectivity index (χ1) is 13.0. The molecule has 2 aromatic carbocycles. The highest BCUT2D eigenvalue weighted by molar-refractivity contribution is 5.84. The minimum atomic E-state index is -0.771. The third kappa shape index (κ3) is 3.74. The molecule has 8 nitrogen and oxygen atoms in total. The molecule has 0 radical (unpaired) electrons. The van der Waals surface area contributed by atoms with E-state index in [4.69, 9.17) is 9.47 Å². The molecule has 0 saturated heterocycles. The van der Waals surface area contributed by atoms with Gasteiger partial charge in [-0.3, -0.25) is 14.8 Å². The van der Waals surface area contributed by atoms with E-state index in [1.54, 1.807) is 55.6 Å². The monoisotopic (exact) mass is 367 g/mol. The van der Waals surface area contributed by atoms with Gasteiger partial charge in [-0.15, -0.1) is 0 Å². The number of nitrogens with zero attached hydrogens (tertiary/aromatic N) is 2. The maximum Gasteiger partial charge on any atom is 0.335 e. The van der Waals surface area contributed by atoms with E-state index in [1.807, 2.05) is 0 Å². The molecule has 1 aromatic heterocycles. The van der Waals surface area contributed by atoms with Crippen molar-refractivity contribution in [1.82, 2.24) is 9.55 Å². The summed E-state index contributed by atoms with van der Waals surface area (Å²) in [5.41, 5.74) is -0.768. The summed E-state index contributed by atoms with van der Waals surface area (Å²) in [7, 11) is 3.04. The fraction of sp³-hybridized carbons (Fsp3) is 0.105. The number of H-pyrrole nitrogens is 1. The molecular weight excluding hydrogens is 350 g/mol. The van der Waals surface area contributed by atoms with Gasteiger partial charge in [-0.25, -0.2) is 9.36 Å². The fourth-order valence-corrected chi connectivity index (χ4v) is 2.45. The average Bonchev–Trinajstić information content (AvgIpc) is 2.68. The van der Waals surface area contributed by atoms with E-state index in [2.05, 4.69) is 9.98 Å². The second-order valence-electron chi connectivity index (χ2n) is 5.49. The van der Waals surface area contributed by atoms with Gasteiger partial charge in [-0.05, 0) is 36.4 Å². The standard InChI is InChI=1S/C19H17N3O5/c1-26-14-8-6-12(7-9-14)20-11-16-17(23)21-19(25)22(18(16)24)13-4-3-5-15(10-13)27-2/h3-11,24H,1-2H3,(H,21,23,25). The van der Waals surface area contributed by atoms with Crippen LogP contribution in [0.25, 0.3) is 5.69 Å². The van der Waals surface area contributed by atoms with Gasteiger partial charge >= 0.3 is 5.69 Å². The van der Waals surface area contributed by atoms with Gasteiger partial charge < -0.3 is 14.6 Å². The van der Waals surface area contributed by atoms with Crippen LogP contribution < -0.4 is 20.7 Å². The summed E-state index contributed by atoms with van der Waals surface area (Å²) < 4.78 is 11.2. The van der Waals surface area contributed by atoms with Gasteiger partial charge in [0.25, 0.3) is 5.56 Å². The summed E-state index contributed by atoms with van der Waals surface area (Å²) in [6.07, 6.45) is 1.20. The lowest BCUT2D eigenvalue weighted by atomic mass is 10.2. The van der Waals surface area contributed by atoms with E-state index in [1.165, 1.54) is 13.3 Å². The number of aromatic amines is 1. The van der Waals surface area contributed by atoms with Crippen LogP contribution >= 0.6 is 0 Å². The lowest BCUT2D eigenvalue weighted by molar-refractivity contribution is 0.412. The molecule has 2 N–H and O–H groups in total. The van der Waals surface area contributed by atoms with Crippen LogP contribution in [0.1, 0.15) is 5.56 Å². The van der Waals surface area contributed by atoms with Gasteiger partial charge in [0.2, 0.25) is 5.88 Å². The number of aliphatic imine (C=N–C) groups is 1. The predicted octanol–water partition coefficient (Wildman–Crippen LogP) is 2.00. The SMILES string of the molecule is COc1ccc(N=Cc2c(O)n(-c3cccc(OC)c3)c(=O)[nH]c2=O)cc1. The first-order valence-corrected chi connectivity index (χ1v) is 7.94. The van der Waals surface area contributed by atoms with E-state index < -0.39 is 17.1 Å². The van der Waals surface area contributed by atoms with Crippen molar-refractivity contribution in [3.05, 3.63) is 74.9 Å². The Bertz CT molecular complexity index is 1100. The Hall–Kier alpha value is -3.81. The van der Waals surface area contributed by atoms with Crippen LogP contribution in [0.15, 0.2) is 63.1 Å². The van der Waals surface area contributed by atoms with Crippen LogP contribution in [-0.2, 0) is 0 Å².